The standard InChI is InChI=1S/C14H20ClN/c1-4-14(2,3)16-11-5-6-12-7-9-13(15)10-8-12/h5-10,16H,4,11H2,1-3H3/b6-5+. The highest BCUT2D eigenvalue weighted by atomic mass is 35.5. The lowest BCUT2D eigenvalue weighted by Gasteiger charge is -2.23. The lowest BCUT2D eigenvalue weighted by Crippen LogP contribution is -2.38. The van der Waals surface area contributed by atoms with Gasteiger partial charge < -0.3 is 5.32 Å². The zero-order chi connectivity index (χ0) is 12.0. The summed E-state index contributed by atoms with van der Waals surface area (Å²) in [4.78, 5) is 0. The summed E-state index contributed by atoms with van der Waals surface area (Å²) in [5.74, 6) is 0. The molecule has 0 aliphatic heterocycles. The van der Waals surface area contributed by atoms with Gasteiger partial charge in [0, 0.05) is 17.1 Å². The minimum absolute atomic E-state index is 0.213. The van der Waals surface area contributed by atoms with E-state index in [-0.39, 0.29) is 5.54 Å². The van der Waals surface area contributed by atoms with Crippen molar-refractivity contribution in [2.24, 2.45) is 0 Å². The molecule has 2 heteroatoms. The Hall–Kier alpha value is -0.790. The molecule has 1 aromatic carbocycles. The van der Waals surface area contributed by atoms with Crippen LogP contribution in [0, 0.1) is 0 Å². The minimum atomic E-state index is 0.213. The molecular weight excluding hydrogens is 218 g/mol. The smallest absolute Gasteiger partial charge is 0.0406 e. The van der Waals surface area contributed by atoms with Crippen LogP contribution in [0.2, 0.25) is 5.02 Å². The van der Waals surface area contributed by atoms with Crippen molar-refractivity contribution >= 4 is 17.7 Å². The Labute approximate surface area is 104 Å². The van der Waals surface area contributed by atoms with Crippen LogP contribution in [0.1, 0.15) is 32.8 Å². The van der Waals surface area contributed by atoms with Crippen molar-refractivity contribution in [3.63, 3.8) is 0 Å². The number of hydrogen-bond acceptors (Lipinski definition) is 1. The van der Waals surface area contributed by atoms with Crippen molar-refractivity contribution in [3.8, 4) is 0 Å². The molecule has 1 nitrogen and oxygen atoms in total. The van der Waals surface area contributed by atoms with E-state index < -0.39 is 0 Å². The first kappa shape index (κ1) is 13.3. The van der Waals surface area contributed by atoms with Gasteiger partial charge in [-0.3, -0.25) is 0 Å². The third kappa shape index (κ3) is 4.82. The Balaban J connectivity index is 2.41. The average molecular weight is 238 g/mol. The van der Waals surface area contributed by atoms with Crippen LogP contribution >= 0.6 is 11.6 Å². The highest BCUT2D eigenvalue weighted by molar-refractivity contribution is 6.30. The van der Waals surface area contributed by atoms with E-state index in [4.69, 9.17) is 11.6 Å². The fraction of sp³-hybridized carbons (Fsp3) is 0.429. The molecule has 0 saturated heterocycles. The first-order valence-corrected chi connectivity index (χ1v) is 6.08. The topological polar surface area (TPSA) is 12.0 Å². The van der Waals surface area contributed by atoms with Gasteiger partial charge in [-0.1, -0.05) is 42.8 Å². The third-order valence-electron chi connectivity index (χ3n) is 2.76. The Morgan fingerprint density at radius 1 is 1.25 bits per heavy atom. The van der Waals surface area contributed by atoms with E-state index in [1.165, 1.54) is 5.56 Å². The van der Waals surface area contributed by atoms with E-state index in [2.05, 4.69) is 38.2 Å². The van der Waals surface area contributed by atoms with Gasteiger partial charge in [0.15, 0.2) is 0 Å². The maximum absolute atomic E-state index is 5.82. The highest BCUT2D eigenvalue weighted by Crippen LogP contribution is 2.10. The van der Waals surface area contributed by atoms with Crippen LogP contribution in [0.25, 0.3) is 6.08 Å². The Morgan fingerprint density at radius 3 is 2.44 bits per heavy atom. The average Bonchev–Trinajstić information content (AvgIpc) is 2.27. The highest BCUT2D eigenvalue weighted by Gasteiger charge is 2.11. The normalized spacial score (nSPS) is 12.2. The molecular formula is C14H20ClN. The van der Waals surface area contributed by atoms with Crippen LogP contribution in [0.4, 0.5) is 0 Å². The number of hydrogen-bond donors (Lipinski definition) is 1. The molecule has 88 valence electrons. The largest absolute Gasteiger partial charge is 0.308 e. The molecule has 0 unspecified atom stereocenters. The number of rotatable bonds is 5. The second-order valence-corrected chi connectivity index (χ2v) is 5.01. The van der Waals surface area contributed by atoms with Gasteiger partial charge in [-0.05, 0) is 38.0 Å². The lowest BCUT2D eigenvalue weighted by molar-refractivity contribution is 0.395. The predicted molar refractivity (Wildman–Crippen MR) is 72.9 cm³/mol. The summed E-state index contributed by atoms with van der Waals surface area (Å²) < 4.78 is 0. The van der Waals surface area contributed by atoms with Crippen molar-refractivity contribution < 1.29 is 0 Å². The first-order chi connectivity index (χ1) is 7.53. The Bertz CT molecular complexity index is 338. The summed E-state index contributed by atoms with van der Waals surface area (Å²) in [5, 5.41) is 4.26. The third-order valence-corrected chi connectivity index (χ3v) is 3.01. The van der Waals surface area contributed by atoms with E-state index >= 15 is 0 Å². The van der Waals surface area contributed by atoms with Gasteiger partial charge in [0.25, 0.3) is 0 Å². The van der Waals surface area contributed by atoms with Crippen LogP contribution in [-0.4, -0.2) is 12.1 Å². The van der Waals surface area contributed by atoms with Gasteiger partial charge >= 0.3 is 0 Å². The number of nitrogens with one attached hydrogen (secondary N) is 1. The lowest BCUT2D eigenvalue weighted by atomic mass is 10.0. The van der Waals surface area contributed by atoms with Crippen molar-refractivity contribution in [1.29, 1.82) is 0 Å². The van der Waals surface area contributed by atoms with Gasteiger partial charge in [-0.2, -0.15) is 0 Å². The molecule has 1 aromatic rings. The summed E-state index contributed by atoms with van der Waals surface area (Å²) >= 11 is 5.82. The summed E-state index contributed by atoms with van der Waals surface area (Å²) in [6, 6.07) is 7.85. The van der Waals surface area contributed by atoms with E-state index in [9.17, 15) is 0 Å². The molecule has 1 rings (SSSR count). The fourth-order valence-corrected chi connectivity index (χ4v) is 1.36. The summed E-state index contributed by atoms with van der Waals surface area (Å²) in [7, 11) is 0. The molecule has 0 fully saturated rings. The van der Waals surface area contributed by atoms with Gasteiger partial charge in [0.2, 0.25) is 0 Å². The van der Waals surface area contributed by atoms with Gasteiger partial charge in [-0.25, -0.2) is 0 Å². The maximum atomic E-state index is 5.82. The number of benzene rings is 1. The molecule has 0 aliphatic carbocycles. The van der Waals surface area contributed by atoms with Crippen LogP contribution < -0.4 is 5.32 Å². The Kier molecular flexibility index (Phi) is 5.04. The van der Waals surface area contributed by atoms with Gasteiger partial charge in [-0.15, -0.1) is 0 Å². The first-order valence-electron chi connectivity index (χ1n) is 5.70. The molecule has 16 heavy (non-hydrogen) atoms. The molecule has 0 radical (unpaired) electrons. The van der Waals surface area contributed by atoms with Crippen LogP contribution in [0.3, 0.4) is 0 Å². The summed E-state index contributed by atoms with van der Waals surface area (Å²) in [5.41, 5.74) is 1.39. The van der Waals surface area contributed by atoms with Crippen molar-refractivity contribution in [2.45, 2.75) is 32.7 Å². The van der Waals surface area contributed by atoms with Crippen molar-refractivity contribution in [1.82, 2.24) is 5.32 Å². The van der Waals surface area contributed by atoms with Crippen LogP contribution in [0.5, 0.6) is 0 Å². The monoisotopic (exact) mass is 237 g/mol. The number of halogens is 1. The molecule has 0 aliphatic rings. The SMILES string of the molecule is CCC(C)(C)NC/C=C/c1ccc(Cl)cc1. The minimum Gasteiger partial charge on any atom is -0.308 e. The van der Waals surface area contributed by atoms with Gasteiger partial charge in [0.05, 0.1) is 0 Å². The van der Waals surface area contributed by atoms with E-state index in [0.717, 1.165) is 18.0 Å². The molecule has 0 bridgehead atoms. The van der Waals surface area contributed by atoms with Crippen molar-refractivity contribution in [2.75, 3.05) is 6.54 Å². The van der Waals surface area contributed by atoms with Gasteiger partial charge in [0.1, 0.15) is 0 Å². The zero-order valence-electron chi connectivity index (χ0n) is 10.3. The molecule has 0 amide bonds. The maximum Gasteiger partial charge on any atom is 0.0406 e. The summed E-state index contributed by atoms with van der Waals surface area (Å²) in [6.07, 6.45) is 5.37. The molecule has 0 aromatic heterocycles. The zero-order valence-corrected chi connectivity index (χ0v) is 11.0. The van der Waals surface area contributed by atoms with Crippen molar-refractivity contribution in [3.05, 3.63) is 40.9 Å². The molecule has 0 heterocycles. The van der Waals surface area contributed by atoms with E-state index in [0.29, 0.717) is 0 Å². The Morgan fingerprint density at radius 2 is 1.88 bits per heavy atom. The summed E-state index contributed by atoms with van der Waals surface area (Å²) in [6.45, 7) is 7.51. The second kappa shape index (κ2) is 6.07. The van der Waals surface area contributed by atoms with E-state index in [1.54, 1.807) is 0 Å². The van der Waals surface area contributed by atoms with Crippen LogP contribution in [-0.2, 0) is 0 Å². The molecule has 1 N–H and O–H groups in total. The van der Waals surface area contributed by atoms with Crippen LogP contribution in [0.15, 0.2) is 30.3 Å². The van der Waals surface area contributed by atoms with E-state index in [1.807, 2.05) is 24.3 Å². The molecule has 0 saturated carbocycles. The quantitative estimate of drug-likeness (QED) is 0.812. The second-order valence-electron chi connectivity index (χ2n) is 4.57. The molecule has 0 atom stereocenters. The predicted octanol–water partition coefficient (Wildman–Crippen LogP) is 4.13. The molecule has 0 spiro atoms. The fourth-order valence-electron chi connectivity index (χ4n) is 1.23.